The van der Waals surface area contributed by atoms with Crippen molar-refractivity contribution in [1.29, 1.82) is 0 Å². The number of aliphatic hydroxyl groups excluding tert-OH is 1. The van der Waals surface area contributed by atoms with Gasteiger partial charge in [0.05, 0.1) is 26.4 Å². The minimum Gasteiger partial charge on any atom is -0.462 e. The Kier molecular flexibility index (Phi) is 65.9. The monoisotopic (exact) mass is 1420 g/mol. The highest BCUT2D eigenvalue weighted by molar-refractivity contribution is 7.47. The van der Waals surface area contributed by atoms with Crippen LogP contribution in [0.4, 0.5) is 0 Å². The molecule has 0 bridgehead atoms. The summed E-state index contributed by atoms with van der Waals surface area (Å²) >= 11 is 0. The van der Waals surface area contributed by atoms with Crippen LogP contribution >= 0.6 is 15.6 Å². The molecule has 0 amide bonds. The number of hydrogen-bond acceptors (Lipinski definition) is 15. The minimum absolute atomic E-state index is 0.103. The molecule has 0 spiro atoms. The molecule has 576 valence electrons. The second-order valence-electron chi connectivity index (χ2n) is 29.3. The van der Waals surface area contributed by atoms with Gasteiger partial charge >= 0.3 is 39.5 Å². The van der Waals surface area contributed by atoms with Gasteiger partial charge in [-0.2, -0.15) is 0 Å². The van der Waals surface area contributed by atoms with Crippen molar-refractivity contribution in [2.45, 2.75) is 414 Å². The number of carbonyl (C=O) groups is 4. The molecular weight excluding hydrogens is 1270 g/mol. The van der Waals surface area contributed by atoms with Crippen molar-refractivity contribution in [2.24, 2.45) is 23.7 Å². The average Bonchev–Trinajstić information content (AvgIpc) is 1.28. The van der Waals surface area contributed by atoms with Crippen molar-refractivity contribution in [2.75, 3.05) is 39.6 Å². The first kappa shape index (κ1) is 95.1. The van der Waals surface area contributed by atoms with E-state index in [0.717, 1.165) is 120 Å². The van der Waals surface area contributed by atoms with E-state index in [1.165, 1.54) is 193 Å². The van der Waals surface area contributed by atoms with Gasteiger partial charge in [-0.05, 0) is 49.4 Å². The highest BCUT2D eigenvalue weighted by Crippen LogP contribution is 2.45. The highest BCUT2D eigenvalue weighted by Gasteiger charge is 2.30. The Labute approximate surface area is 594 Å². The fourth-order valence-electron chi connectivity index (χ4n) is 11.8. The molecule has 97 heavy (non-hydrogen) atoms. The number of phosphoric ester groups is 2. The summed E-state index contributed by atoms with van der Waals surface area (Å²) in [7, 11) is -9.92. The first-order valence-corrected chi connectivity index (χ1v) is 43.3. The molecule has 0 saturated carbocycles. The molecule has 0 heterocycles. The standard InChI is InChI=1S/C78H152O17P2/c1-9-69(6)55-47-39-31-27-23-19-16-17-21-25-29-33-44-52-60-77(82)94-73(65-89-76(81)59-51-43-36-34-40-48-56-70(7)10-2)66-92-96(84,85)90-62-72(79)63-91-97(86,87)93-67-74(95-78(83)61-53-45-37-35-41-49-57-71(8)11-3)64-88-75(80)58-50-42-32-28-24-20-15-13-12-14-18-22-26-30-38-46-54-68(4)5/h68-74,79H,9-67H2,1-8H3,(H,84,85)(H,86,87)/t69?,70?,71?,72-,73+,74+/m0/s1. The molecule has 0 rings (SSSR count). The summed E-state index contributed by atoms with van der Waals surface area (Å²) in [6, 6.07) is 0. The number of rotatable bonds is 75. The van der Waals surface area contributed by atoms with Gasteiger partial charge in [0.15, 0.2) is 12.2 Å². The van der Waals surface area contributed by atoms with Crippen LogP contribution in [0.1, 0.15) is 396 Å². The normalized spacial score (nSPS) is 14.9. The molecule has 0 fully saturated rings. The number of unbranched alkanes of at least 4 members (excludes halogenated alkanes) is 38. The van der Waals surface area contributed by atoms with E-state index < -0.39 is 97.5 Å². The Bertz CT molecular complexity index is 1910. The molecule has 0 aliphatic heterocycles. The lowest BCUT2D eigenvalue weighted by atomic mass is 9.99. The third-order valence-corrected chi connectivity index (χ3v) is 21.1. The van der Waals surface area contributed by atoms with Crippen LogP contribution < -0.4 is 0 Å². The van der Waals surface area contributed by atoms with E-state index in [4.69, 9.17) is 37.0 Å². The van der Waals surface area contributed by atoms with E-state index in [9.17, 15) is 43.2 Å². The third kappa shape index (κ3) is 68.3. The topological polar surface area (TPSA) is 237 Å². The number of aliphatic hydroxyl groups is 1. The molecular formula is C78H152O17P2. The third-order valence-electron chi connectivity index (χ3n) is 19.2. The highest BCUT2D eigenvalue weighted by atomic mass is 31.2. The van der Waals surface area contributed by atoms with Gasteiger partial charge < -0.3 is 33.8 Å². The van der Waals surface area contributed by atoms with Crippen LogP contribution in [0, 0.1) is 23.7 Å². The van der Waals surface area contributed by atoms with E-state index >= 15 is 0 Å². The maximum Gasteiger partial charge on any atom is 0.472 e. The van der Waals surface area contributed by atoms with E-state index in [1.807, 2.05) is 0 Å². The predicted molar refractivity (Wildman–Crippen MR) is 395 cm³/mol. The fourth-order valence-corrected chi connectivity index (χ4v) is 13.4. The number of esters is 4. The number of ether oxygens (including phenoxy) is 4. The van der Waals surface area contributed by atoms with Gasteiger partial charge in [0.2, 0.25) is 0 Å². The summed E-state index contributed by atoms with van der Waals surface area (Å²) in [4.78, 5) is 72.8. The van der Waals surface area contributed by atoms with Gasteiger partial charge in [-0.3, -0.25) is 37.3 Å². The zero-order valence-corrected chi connectivity index (χ0v) is 65.5. The number of carbonyl (C=O) groups excluding carboxylic acids is 4. The summed E-state index contributed by atoms with van der Waals surface area (Å²) in [6.07, 6.45) is 52.8. The maximum atomic E-state index is 13.1. The van der Waals surface area contributed by atoms with Crippen LogP contribution in [0.5, 0.6) is 0 Å². The average molecular weight is 1420 g/mol. The Hall–Kier alpha value is -1.94. The smallest absolute Gasteiger partial charge is 0.462 e. The zero-order valence-electron chi connectivity index (χ0n) is 63.7. The summed E-state index contributed by atoms with van der Waals surface area (Å²) in [6.45, 7) is 14.2. The van der Waals surface area contributed by atoms with Gasteiger partial charge in [0.1, 0.15) is 19.3 Å². The van der Waals surface area contributed by atoms with Crippen molar-refractivity contribution >= 4 is 39.5 Å². The SMILES string of the molecule is CCC(C)CCCCCCCCCCCCCCCCC(=O)O[C@H](COC(=O)CCCCCCCCC(C)CC)COP(=O)(O)OC[C@H](O)COP(=O)(O)OC[C@@H](COC(=O)CCCCCCCCCCCCCCCCCCC(C)C)OC(=O)CCCCCCCCC(C)CC. The lowest BCUT2D eigenvalue weighted by molar-refractivity contribution is -0.161. The minimum atomic E-state index is -4.96. The Morgan fingerprint density at radius 3 is 0.732 bits per heavy atom. The van der Waals surface area contributed by atoms with Crippen molar-refractivity contribution < 1.29 is 80.2 Å². The van der Waals surface area contributed by atoms with Crippen molar-refractivity contribution in [1.82, 2.24) is 0 Å². The molecule has 8 atom stereocenters. The number of phosphoric acid groups is 2. The number of hydrogen-bond donors (Lipinski definition) is 3. The van der Waals surface area contributed by atoms with Crippen LogP contribution in [0.15, 0.2) is 0 Å². The molecule has 5 unspecified atom stereocenters. The Balaban J connectivity index is 5.18. The van der Waals surface area contributed by atoms with Gasteiger partial charge in [-0.1, -0.05) is 344 Å². The van der Waals surface area contributed by atoms with Crippen molar-refractivity contribution in [3.05, 3.63) is 0 Å². The Morgan fingerprint density at radius 2 is 0.495 bits per heavy atom. The van der Waals surface area contributed by atoms with Crippen LogP contribution in [0.25, 0.3) is 0 Å². The zero-order chi connectivity index (χ0) is 71.7. The largest absolute Gasteiger partial charge is 0.472 e. The lowest BCUT2D eigenvalue weighted by Crippen LogP contribution is -2.30. The molecule has 0 aromatic rings. The van der Waals surface area contributed by atoms with Crippen molar-refractivity contribution in [3.63, 3.8) is 0 Å². The second-order valence-corrected chi connectivity index (χ2v) is 32.2. The Morgan fingerprint density at radius 1 is 0.289 bits per heavy atom. The predicted octanol–water partition coefficient (Wildman–Crippen LogP) is 22.8. The molecule has 0 aliphatic rings. The lowest BCUT2D eigenvalue weighted by Gasteiger charge is -2.21. The summed E-state index contributed by atoms with van der Waals surface area (Å²) in [5.41, 5.74) is 0. The quantitative estimate of drug-likeness (QED) is 0.0222. The maximum absolute atomic E-state index is 13.1. The molecule has 0 aromatic heterocycles. The molecule has 19 heteroatoms. The van der Waals surface area contributed by atoms with Crippen LogP contribution in [0.2, 0.25) is 0 Å². The summed E-state index contributed by atoms with van der Waals surface area (Å²) in [5, 5.41) is 10.6. The molecule has 3 N–H and O–H groups in total. The first-order valence-electron chi connectivity index (χ1n) is 40.3. The van der Waals surface area contributed by atoms with E-state index in [1.54, 1.807) is 0 Å². The molecule has 0 aliphatic carbocycles. The van der Waals surface area contributed by atoms with Crippen molar-refractivity contribution in [3.8, 4) is 0 Å². The van der Waals surface area contributed by atoms with Crippen LogP contribution in [0.3, 0.4) is 0 Å². The molecule has 0 radical (unpaired) electrons. The van der Waals surface area contributed by atoms with Crippen LogP contribution in [-0.4, -0.2) is 96.7 Å². The van der Waals surface area contributed by atoms with Gasteiger partial charge in [0, 0.05) is 25.7 Å². The molecule has 17 nitrogen and oxygen atoms in total. The summed E-state index contributed by atoms with van der Waals surface area (Å²) in [5.74, 6) is 0.987. The summed E-state index contributed by atoms with van der Waals surface area (Å²) < 4.78 is 68.5. The van der Waals surface area contributed by atoms with Gasteiger partial charge in [0.25, 0.3) is 0 Å². The van der Waals surface area contributed by atoms with Gasteiger partial charge in [-0.15, -0.1) is 0 Å². The van der Waals surface area contributed by atoms with E-state index in [-0.39, 0.29) is 25.7 Å². The van der Waals surface area contributed by atoms with E-state index in [0.29, 0.717) is 25.7 Å². The second kappa shape index (κ2) is 67.2. The van der Waals surface area contributed by atoms with E-state index in [2.05, 4.69) is 55.4 Å². The van der Waals surface area contributed by atoms with Crippen LogP contribution in [-0.2, 0) is 65.4 Å². The first-order chi connectivity index (χ1) is 46.7. The molecule has 0 saturated heterocycles. The van der Waals surface area contributed by atoms with Gasteiger partial charge in [-0.25, -0.2) is 9.13 Å². The molecule has 0 aromatic carbocycles. The fraction of sp³-hybridized carbons (Fsp3) is 0.949.